The van der Waals surface area contributed by atoms with Gasteiger partial charge in [0.25, 0.3) is 5.56 Å². The van der Waals surface area contributed by atoms with E-state index < -0.39 is 11.6 Å². The smallest absolute Gasteiger partial charge is 0.304 e. The van der Waals surface area contributed by atoms with Gasteiger partial charge in [-0.2, -0.15) is 4.99 Å². The fraction of sp³-hybridized carbons (Fsp3) is 0.167. The zero-order valence-electron chi connectivity index (χ0n) is 9.78. The highest BCUT2D eigenvalue weighted by atomic mass is 19.2. The number of rotatable bonds is 1. The zero-order chi connectivity index (χ0) is 13.3. The van der Waals surface area contributed by atoms with Crippen molar-refractivity contribution in [2.45, 2.75) is 6.92 Å². The minimum absolute atomic E-state index is 0.0195. The normalized spacial score (nSPS) is 11.9. The number of halogens is 2. The van der Waals surface area contributed by atoms with Crippen molar-refractivity contribution in [3.8, 4) is 0 Å². The van der Waals surface area contributed by atoms with Crippen LogP contribution in [0.5, 0.6) is 0 Å². The van der Waals surface area contributed by atoms with Crippen LogP contribution in [0.25, 0.3) is 0 Å². The Kier molecular flexibility index (Phi) is 3.10. The average Bonchev–Trinajstić information content (AvgIpc) is 2.30. The molecule has 6 heteroatoms. The number of benzene rings is 1. The summed E-state index contributed by atoms with van der Waals surface area (Å²) in [5.41, 5.74) is -0.107. The largest absolute Gasteiger partial charge is 0.430 e. The van der Waals surface area contributed by atoms with Crippen molar-refractivity contribution >= 4 is 5.69 Å². The summed E-state index contributed by atoms with van der Waals surface area (Å²) in [7, 11) is 1.48. The number of hydrogen-bond donors (Lipinski definition) is 0. The van der Waals surface area contributed by atoms with Crippen LogP contribution in [0, 0.1) is 18.6 Å². The zero-order valence-corrected chi connectivity index (χ0v) is 9.78. The Bertz CT molecular complexity index is 717. The van der Waals surface area contributed by atoms with Gasteiger partial charge < -0.3 is 4.42 Å². The maximum absolute atomic E-state index is 13.0. The molecule has 0 radical (unpaired) electrons. The van der Waals surface area contributed by atoms with Crippen LogP contribution in [0.1, 0.15) is 5.76 Å². The molecule has 18 heavy (non-hydrogen) atoms. The van der Waals surface area contributed by atoms with Crippen LogP contribution in [-0.2, 0) is 7.05 Å². The van der Waals surface area contributed by atoms with Gasteiger partial charge in [0.2, 0.25) is 0 Å². The fourth-order valence-electron chi connectivity index (χ4n) is 1.37. The lowest BCUT2D eigenvalue weighted by Gasteiger charge is -2.00. The predicted octanol–water partition coefficient (Wildman–Crippen LogP) is 1.80. The van der Waals surface area contributed by atoms with Crippen LogP contribution in [0.2, 0.25) is 0 Å². The molecule has 0 aliphatic heterocycles. The molecule has 94 valence electrons. The molecule has 0 aliphatic rings. The van der Waals surface area contributed by atoms with Gasteiger partial charge in [0.05, 0.1) is 5.69 Å². The van der Waals surface area contributed by atoms with Crippen LogP contribution in [0.4, 0.5) is 14.5 Å². The van der Waals surface area contributed by atoms with Crippen LogP contribution in [0.3, 0.4) is 0 Å². The Morgan fingerprint density at radius 3 is 2.61 bits per heavy atom. The van der Waals surface area contributed by atoms with Crippen molar-refractivity contribution in [2.24, 2.45) is 12.0 Å². The summed E-state index contributed by atoms with van der Waals surface area (Å²) in [5.74, 6) is -1.57. The minimum Gasteiger partial charge on any atom is -0.430 e. The molecule has 0 N–H and O–H groups in total. The van der Waals surface area contributed by atoms with Gasteiger partial charge in [0.15, 0.2) is 11.6 Å². The number of hydrogen-bond acceptors (Lipinski definition) is 3. The predicted molar refractivity (Wildman–Crippen MR) is 60.3 cm³/mol. The maximum Gasteiger partial charge on any atom is 0.304 e. The summed E-state index contributed by atoms with van der Waals surface area (Å²) in [5, 5.41) is 0. The molecular formula is C12H10F2N2O2. The maximum atomic E-state index is 13.0. The summed E-state index contributed by atoms with van der Waals surface area (Å²) in [6, 6.07) is 4.49. The van der Waals surface area contributed by atoms with Crippen LogP contribution >= 0.6 is 0 Å². The number of aryl methyl sites for hydroxylation is 1. The standard InChI is InChI=1S/C12H10F2N2O2/c1-7-5-11(17)16(2)12(18-7)15-8-3-4-9(13)10(14)6-8/h3-6H,1-2H3. The second kappa shape index (κ2) is 4.56. The Hall–Kier alpha value is -2.24. The quantitative estimate of drug-likeness (QED) is 0.777. The van der Waals surface area contributed by atoms with E-state index in [4.69, 9.17) is 4.42 Å². The fourth-order valence-corrected chi connectivity index (χ4v) is 1.37. The summed E-state index contributed by atoms with van der Waals surface area (Å²) < 4.78 is 32.2. The van der Waals surface area contributed by atoms with Crippen molar-refractivity contribution < 1.29 is 13.2 Å². The van der Waals surface area contributed by atoms with Crippen molar-refractivity contribution in [1.82, 2.24) is 4.57 Å². The van der Waals surface area contributed by atoms with Gasteiger partial charge in [-0.1, -0.05) is 0 Å². The minimum atomic E-state index is -1.01. The van der Waals surface area contributed by atoms with Gasteiger partial charge in [0.1, 0.15) is 5.76 Å². The van der Waals surface area contributed by atoms with Crippen LogP contribution < -0.4 is 11.2 Å². The third kappa shape index (κ3) is 2.37. The summed E-state index contributed by atoms with van der Waals surface area (Å²) in [6.45, 7) is 1.60. The Labute approximate surface area is 101 Å². The molecule has 1 aromatic heterocycles. The lowest BCUT2D eigenvalue weighted by Crippen LogP contribution is -2.30. The van der Waals surface area contributed by atoms with E-state index in [9.17, 15) is 13.6 Å². The Balaban J connectivity index is 2.64. The molecule has 0 saturated heterocycles. The third-order valence-electron chi connectivity index (χ3n) is 2.32. The van der Waals surface area contributed by atoms with Crippen molar-refractivity contribution in [2.75, 3.05) is 0 Å². The highest BCUT2D eigenvalue weighted by Crippen LogP contribution is 2.15. The molecule has 0 aliphatic carbocycles. The molecule has 0 amide bonds. The van der Waals surface area contributed by atoms with E-state index in [2.05, 4.69) is 4.99 Å². The molecule has 2 rings (SSSR count). The van der Waals surface area contributed by atoms with Gasteiger partial charge in [-0.25, -0.2) is 8.78 Å². The van der Waals surface area contributed by atoms with E-state index in [0.717, 1.165) is 12.1 Å². The van der Waals surface area contributed by atoms with Crippen molar-refractivity contribution in [3.63, 3.8) is 0 Å². The van der Waals surface area contributed by atoms with Crippen LogP contribution in [-0.4, -0.2) is 4.57 Å². The van der Waals surface area contributed by atoms with Crippen molar-refractivity contribution in [1.29, 1.82) is 0 Å². The van der Waals surface area contributed by atoms with E-state index >= 15 is 0 Å². The first-order valence-electron chi connectivity index (χ1n) is 5.15. The monoisotopic (exact) mass is 252 g/mol. The topological polar surface area (TPSA) is 47.5 Å². The van der Waals surface area contributed by atoms with Gasteiger partial charge in [-0.3, -0.25) is 9.36 Å². The third-order valence-corrected chi connectivity index (χ3v) is 2.32. The first kappa shape index (κ1) is 12.2. The lowest BCUT2D eigenvalue weighted by atomic mass is 10.3. The first-order valence-corrected chi connectivity index (χ1v) is 5.15. The van der Waals surface area contributed by atoms with Crippen LogP contribution in [0.15, 0.2) is 38.5 Å². The molecule has 0 fully saturated rings. The molecule has 0 unspecified atom stereocenters. The molecule has 1 heterocycles. The number of aromatic nitrogens is 1. The van der Waals surface area contributed by atoms with Gasteiger partial charge >= 0.3 is 5.68 Å². The Morgan fingerprint density at radius 2 is 1.94 bits per heavy atom. The van der Waals surface area contributed by atoms with E-state index in [1.807, 2.05) is 0 Å². The summed E-state index contributed by atoms with van der Waals surface area (Å²) in [6.07, 6.45) is 0. The summed E-state index contributed by atoms with van der Waals surface area (Å²) in [4.78, 5) is 15.4. The molecule has 0 spiro atoms. The van der Waals surface area contributed by atoms with E-state index in [1.165, 1.54) is 23.7 Å². The SMILES string of the molecule is Cc1cc(=O)n(C)c(=Nc2ccc(F)c(F)c2)o1. The van der Waals surface area contributed by atoms with E-state index in [0.29, 0.717) is 5.76 Å². The van der Waals surface area contributed by atoms with Gasteiger partial charge in [0, 0.05) is 19.2 Å². The summed E-state index contributed by atoms with van der Waals surface area (Å²) >= 11 is 0. The highest BCUT2D eigenvalue weighted by molar-refractivity contribution is 5.36. The second-order valence-corrected chi connectivity index (χ2v) is 3.75. The lowest BCUT2D eigenvalue weighted by molar-refractivity contribution is 0.404. The highest BCUT2D eigenvalue weighted by Gasteiger charge is 2.03. The van der Waals surface area contributed by atoms with Gasteiger partial charge in [-0.05, 0) is 19.1 Å². The molecule has 0 saturated carbocycles. The molecule has 0 bridgehead atoms. The molecular weight excluding hydrogens is 242 g/mol. The molecule has 0 atom stereocenters. The van der Waals surface area contributed by atoms with Crippen molar-refractivity contribution in [3.05, 3.63) is 57.7 Å². The first-order chi connectivity index (χ1) is 8.47. The molecule has 1 aromatic carbocycles. The Morgan fingerprint density at radius 1 is 1.22 bits per heavy atom. The van der Waals surface area contributed by atoms with E-state index in [-0.39, 0.29) is 16.9 Å². The molecule has 2 aromatic rings. The van der Waals surface area contributed by atoms with Gasteiger partial charge in [-0.15, -0.1) is 0 Å². The average molecular weight is 252 g/mol. The number of nitrogens with zero attached hydrogens (tertiary/aromatic N) is 2. The second-order valence-electron chi connectivity index (χ2n) is 3.75. The van der Waals surface area contributed by atoms with E-state index in [1.54, 1.807) is 6.92 Å². The molecule has 4 nitrogen and oxygen atoms in total.